The Labute approximate surface area is 128 Å². The summed E-state index contributed by atoms with van der Waals surface area (Å²) in [4.78, 5) is 4.56. The first-order valence-electron chi connectivity index (χ1n) is 7.74. The number of nitrogens with two attached hydrogens (primary N) is 1. The van der Waals surface area contributed by atoms with Crippen molar-refractivity contribution in [1.82, 2.24) is 9.80 Å². The molecule has 2 heterocycles. The molecule has 3 rings (SSSR count). The smallest absolute Gasteiger partial charge is 0.399 e. The SMILES string of the molecule is CN1C2CCCC1CN(Cc1ccc(N)cc1C(F)(F)F)C2. The predicted molar refractivity (Wildman–Crippen MR) is 80.3 cm³/mol. The molecule has 2 bridgehead atoms. The third kappa shape index (κ3) is 3.08. The molecule has 0 amide bonds. The number of nitrogen functional groups attached to an aromatic ring is 1. The largest absolute Gasteiger partial charge is 0.416 e. The highest BCUT2D eigenvalue weighted by molar-refractivity contribution is 5.46. The van der Waals surface area contributed by atoms with Gasteiger partial charge in [-0.05, 0) is 37.6 Å². The number of anilines is 1. The lowest BCUT2D eigenvalue weighted by Crippen LogP contribution is -2.58. The van der Waals surface area contributed by atoms with Gasteiger partial charge in [-0.15, -0.1) is 0 Å². The zero-order valence-corrected chi connectivity index (χ0v) is 12.7. The van der Waals surface area contributed by atoms with Crippen molar-refractivity contribution in [2.24, 2.45) is 0 Å². The number of hydrogen-bond donors (Lipinski definition) is 1. The van der Waals surface area contributed by atoms with Crippen molar-refractivity contribution in [3.63, 3.8) is 0 Å². The zero-order chi connectivity index (χ0) is 15.9. The Morgan fingerprint density at radius 1 is 1.18 bits per heavy atom. The molecule has 0 aliphatic carbocycles. The quantitative estimate of drug-likeness (QED) is 0.852. The van der Waals surface area contributed by atoms with E-state index in [2.05, 4.69) is 16.8 Å². The number of hydrogen-bond acceptors (Lipinski definition) is 3. The number of likely N-dealkylation sites (N-methyl/N-ethyl adjacent to an activating group) is 1. The van der Waals surface area contributed by atoms with Gasteiger partial charge in [-0.1, -0.05) is 12.5 Å². The van der Waals surface area contributed by atoms with E-state index < -0.39 is 11.7 Å². The second-order valence-electron chi connectivity index (χ2n) is 6.51. The summed E-state index contributed by atoms with van der Waals surface area (Å²) in [7, 11) is 2.14. The van der Waals surface area contributed by atoms with Crippen LogP contribution in [-0.4, -0.2) is 42.0 Å². The molecule has 2 fully saturated rings. The van der Waals surface area contributed by atoms with E-state index in [1.54, 1.807) is 6.07 Å². The van der Waals surface area contributed by atoms with E-state index >= 15 is 0 Å². The van der Waals surface area contributed by atoms with Crippen LogP contribution in [0.5, 0.6) is 0 Å². The Bertz CT molecular complexity index is 530. The van der Waals surface area contributed by atoms with E-state index in [9.17, 15) is 13.2 Å². The van der Waals surface area contributed by atoms with E-state index in [0.717, 1.165) is 32.0 Å². The summed E-state index contributed by atoms with van der Waals surface area (Å²) in [6.07, 6.45) is -0.856. The fraction of sp³-hybridized carbons (Fsp3) is 0.625. The lowest BCUT2D eigenvalue weighted by molar-refractivity contribution is -0.138. The molecule has 6 heteroatoms. The summed E-state index contributed by atoms with van der Waals surface area (Å²) in [5.74, 6) is 0. The molecule has 2 aliphatic heterocycles. The monoisotopic (exact) mass is 313 g/mol. The number of rotatable bonds is 2. The van der Waals surface area contributed by atoms with Crippen molar-refractivity contribution >= 4 is 5.69 Å². The van der Waals surface area contributed by atoms with Gasteiger partial charge in [0.15, 0.2) is 0 Å². The normalized spacial score (nSPS) is 27.1. The number of benzene rings is 1. The molecule has 2 N–H and O–H groups in total. The van der Waals surface area contributed by atoms with Gasteiger partial charge in [-0.3, -0.25) is 9.80 Å². The standard InChI is InChI=1S/C16H22F3N3/c1-21-13-3-2-4-14(21)10-22(9-13)8-11-5-6-12(20)7-15(11)16(17,18)19/h5-7,13-14H,2-4,8-10,20H2,1H3. The Morgan fingerprint density at radius 3 is 2.41 bits per heavy atom. The summed E-state index contributed by atoms with van der Waals surface area (Å²) in [6, 6.07) is 5.06. The minimum atomic E-state index is -4.35. The van der Waals surface area contributed by atoms with E-state index in [-0.39, 0.29) is 5.69 Å². The van der Waals surface area contributed by atoms with E-state index in [1.165, 1.54) is 12.5 Å². The molecular weight excluding hydrogens is 291 g/mol. The number of piperidine rings is 1. The van der Waals surface area contributed by atoms with Crippen LogP contribution in [-0.2, 0) is 12.7 Å². The van der Waals surface area contributed by atoms with Crippen LogP contribution in [0.4, 0.5) is 18.9 Å². The van der Waals surface area contributed by atoms with Crippen LogP contribution in [0.3, 0.4) is 0 Å². The molecule has 3 nitrogen and oxygen atoms in total. The Hall–Kier alpha value is -1.27. The van der Waals surface area contributed by atoms with Gasteiger partial charge in [0.25, 0.3) is 0 Å². The third-order valence-electron chi connectivity index (χ3n) is 5.00. The summed E-state index contributed by atoms with van der Waals surface area (Å²) in [6.45, 7) is 2.03. The minimum absolute atomic E-state index is 0.159. The average molecular weight is 313 g/mol. The molecule has 22 heavy (non-hydrogen) atoms. The van der Waals surface area contributed by atoms with Gasteiger partial charge in [0.1, 0.15) is 0 Å². The number of piperazine rings is 1. The number of alkyl halides is 3. The lowest BCUT2D eigenvalue weighted by Gasteiger charge is -2.48. The van der Waals surface area contributed by atoms with Crippen molar-refractivity contribution in [3.8, 4) is 0 Å². The van der Waals surface area contributed by atoms with Crippen LogP contribution in [0, 0.1) is 0 Å². The number of fused-ring (bicyclic) bond motifs is 2. The van der Waals surface area contributed by atoms with Crippen LogP contribution in [0.25, 0.3) is 0 Å². The van der Waals surface area contributed by atoms with Crippen molar-refractivity contribution in [2.45, 2.75) is 44.1 Å². The van der Waals surface area contributed by atoms with Crippen LogP contribution < -0.4 is 5.73 Å². The van der Waals surface area contributed by atoms with Crippen LogP contribution in [0.15, 0.2) is 18.2 Å². The van der Waals surface area contributed by atoms with E-state index in [0.29, 0.717) is 24.2 Å². The molecule has 1 aromatic rings. The lowest BCUT2D eigenvalue weighted by atomic mass is 9.91. The van der Waals surface area contributed by atoms with Crippen LogP contribution >= 0.6 is 0 Å². The molecule has 0 radical (unpaired) electrons. The molecule has 2 saturated heterocycles. The Morgan fingerprint density at radius 2 is 1.82 bits per heavy atom. The second kappa shape index (κ2) is 5.74. The number of halogens is 3. The summed E-state index contributed by atoms with van der Waals surface area (Å²) in [5.41, 5.74) is 5.41. The third-order valence-corrected chi connectivity index (χ3v) is 5.00. The fourth-order valence-corrected chi connectivity index (χ4v) is 3.77. The van der Waals surface area contributed by atoms with Crippen molar-refractivity contribution in [1.29, 1.82) is 0 Å². The van der Waals surface area contributed by atoms with Crippen molar-refractivity contribution in [3.05, 3.63) is 29.3 Å². The molecule has 2 atom stereocenters. The summed E-state index contributed by atoms with van der Waals surface area (Å²) >= 11 is 0. The van der Waals surface area contributed by atoms with Gasteiger partial charge in [0.2, 0.25) is 0 Å². The maximum Gasteiger partial charge on any atom is 0.416 e. The van der Waals surface area contributed by atoms with Crippen molar-refractivity contribution < 1.29 is 13.2 Å². The van der Waals surface area contributed by atoms with Gasteiger partial charge < -0.3 is 5.73 Å². The van der Waals surface area contributed by atoms with Gasteiger partial charge in [0.05, 0.1) is 5.56 Å². The molecule has 0 aromatic heterocycles. The van der Waals surface area contributed by atoms with Gasteiger partial charge in [-0.2, -0.15) is 13.2 Å². The van der Waals surface area contributed by atoms with Gasteiger partial charge in [-0.25, -0.2) is 0 Å². The molecule has 122 valence electrons. The van der Waals surface area contributed by atoms with Crippen LogP contribution in [0.1, 0.15) is 30.4 Å². The Kier molecular flexibility index (Phi) is 4.07. The average Bonchev–Trinajstić information content (AvgIpc) is 2.41. The molecule has 1 aromatic carbocycles. The summed E-state index contributed by atoms with van der Waals surface area (Å²) in [5, 5.41) is 0. The second-order valence-corrected chi connectivity index (χ2v) is 6.51. The predicted octanol–water partition coefficient (Wildman–Crippen LogP) is 2.96. The zero-order valence-electron chi connectivity index (χ0n) is 12.7. The molecule has 2 aliphatic rings. The molecule has 0 saturated carbocycles. The molecule has 0 spiro atoms. The topological polar surface area (TPSA) is 32.5 Å². The maximum absolute atomic E-state index is 13.2. The van der Waals surface area contributed by atoms with E-state index in [4.69, 9.17) is 5.73 Å². The van der Waals surface area contributed by atoms with Crippen molar-refractivity contribution in [2.75, 3.05) is 25.9 Å². The number of nitrogens with zero attached hydrogens (tertiary/aromatic N) is 2. The molecule has 2 unspecified atom stereocenters. The molecular formula is C16H22F3N3. The minimum Gasteiger partial charge on any atom is -0.399 e. The summed E-state index contributed by atoms with van der Waals surface area (Å²) < 4.78 is 39.6. The van der Waals surface area contributed by atoms with E-state index in [1.807, 2.05) is 0 Å². The fourth-order valence-electron chi connectivity index (χ4n) is 3.77. The first-order chi connectivity index (χ1) is 10.3. The Balaban J connectivity index is 1.79. The highest BCUT2D eigenvalue weighted by Gasteiger charge is 2.37. The van der Waals surface area contributed by atoms with Gasteiger partial charge >= 0.3 is 6.18 Å². The highest BCUT2D eigenvalue weighted by Crippen LogP contribution is 2.35. The maximum atomic E-state index is 13.2. The van der Waals surface area contributed by atoms with Gasteiger partial charge in [0, 0.05) is 37.4 Å². The number of likely N-dealkylation sites (tertiary alicyclic amines) is 1. The van der Waals surface area contributed by atoms with Crippen LogP contribution in [0.2, 0.25) is 0 Å². The highest BCUT2D eigenvalue weighted by atomic mass is 19.4. The first kappa shape index (κ1) is 15.6. The first-order valence-corrected chi connectivity index (χ1v) is 7.74.